The van der Waals surface area contributed by atoms with Crippen LogP contribution < -0.4 is 0 Å². The maximum absolute atomic E-state index is 9.15. The first-order chi connectivity index (χ1) is 8.35. The number of aliphatic hydroxyl groups is 1. The summed E-state index contributed by atoms with van der Waals surface area (Å²) in [7, 11) is 0. The zero-order chi connectivity index (χ0) is 11.7. The summed E-state index contributed by atoms with van der Waals surface area (Å²) in [6.07, 6.45) is 5.43. The largest absolute Gasteiger partial charge is 0.391 e. The van der Waals surface area contributed by atoms with Gasteiger partial charge in [-0.25, -0.2) is 4.98 Å². The van der Waals surface area contributed by atoms with Crippen molar-refractivity contribution in [2.75, 3.05) is 0 Å². The van der Waals surface area contributed by atoms with Crippen LogP contribution in [0.1, 0.15) is 34.7 Å². The van der Waals surface area contributed by atoms with Crippen molar-refractivity contribution in [3.05, 3.63) is 52.0 Å². The summed E-state index contributed by atoms with van der Waals surface area (Å²) in [5.74, 6) is 0. The number of aliphatic hydroxyl groups excluding tert-OH is 1. The highest BCUT2D eigenvalue weighted by molar-refractivity contribution is 7.11. The average Bonchev–Trinajstić information content (AvgIpc) is 2.78. The van der Waals surface area contributed by atoms with Gasteiger partial charge in [0, 0.05) is 11.6 Å². The summed E-state index contributed by atoms with van der Waals surface area (Å²) >= 11 is 1.65. The van der Waals surface area contributed by atoms with Crippen molar-refractivity contribution >= 4 is 11.3 Å². The van der Waals surface area contributed by atoms with Gasteiger partial charge in [0.25, 0.3) is 0 Å². The lowest BCUT2D eigenvalue weighted by Gasteiger charge is -2.40. The van der Waals surface area contributed by atoms with Gasteiger partial charge in [0.15, 0.2) is 0 Å². The molecule has 0 bridgehead atoms. The van der Waals surface area contributed by atoms with Crippen LogP contribution in [0.3, 0.4) is 0 Å². The third-order valence-corrected chi connectivity index (χ3v) is 4.84. The van der Waals surface area contributed by atoms with Crippen LogP contribution in [-0.2, 0) is 12.0 Å². The van der Waals surface area contributed by atoms with Crippen LogP contribution in [0, 0.1) is 0 Å². The van der Waals surface area contributed by atoms with E-state index in [0.717, 1.165) is 4.88 Å². The molecule has 2 aromatic rings. The molecular formula is C14H15NOS. The van der Waals surface area contributed by atoms with Gasteiger partial charge in [-0.15, -0.1) is 11.3 Å². The second-order valence-corrected chi connectivity index (χ2v) is 5.71. The maximum Gasteiger partial charge on any atom is 0.103 e. The van der Waals surface area contributed by atoms with E-state index in [2.05, 4.69) is 35.3 Å². The third-order valence-electron chi connectivity index (χ3n) is 3.65. The van der Waals surface area contributed by atoms with Gasteiger partial charge >= 0.3 is 0 Å². The number of benzene rings is 1. The van der Waals surface area contributed by atoms with Crippen molar-refractivity contribution in [1.29, 1.82) is 0 Å². The van der Waals surface area contributed by atoms with Gasteiger partial charge in [-0.1, -0.05) is 36.8 Å². The molecule has 0 amide bonds. The molecule has 1 aromatic heterocycles. The van der Waals surface area contributed by atoms with E-state index in [9.17, 15) is 0 Å². The van der Waals surface area contributed by atoms with Crippen molar-refractivity contribution in [2.24, 2.45) is 0 Å². The van der Waals surface area contributed by atoms with Crippen molar-refractivity contribution in [3.8, 4) is 0 Å². The summed E-state index contributed by atoms with van der Waals surface area (Å²) in [5.41, 5.74) is 1.49. The number of hydrogen-bond donors (Lipinski definition) is 1. The van der Waals surface area contributed by atoms with Gasteiger partial charge < -0.3 is 5.11 Å². The Balaban J connectivity index is 2.02. The Morgan fingerprint density at radius 1 is 1.24 bits per heavy atom. The highest BCUT2D eigenvalue weighted by Gasteiger charge is 2.42. The van der Waals surface area contributed by atoms with Gasteiger partial charge in [-0.3, -0.25) is 0 Å². The van der Waals surface area contributed by atoms with Crippen LogP contribution in [0.4, 0.5) is 0 Å². The van der Waals surface area contributed by atoms with Gasteiger partial charge in [-0.05, 0) is 18.4 Å². The van der Waals surface area contributed by atoms with Crippen LogP contribution >= 0.6 is 11.3 Å². The molecule has 1 fully saturated rings. The van der Waals surface area contributed by atoms with E-state index in [0.29, 0.717) is 0 Å². The third kappa shape index (κ3) is 1.70. The number of thiazole rings is 1. The van der Waals surface area contributed by atoms with Gasteiger partial charge in [0.1, 0.15) is 5.01 Å². The summed E-state index contributed by atoms with van der Waals surface area (Å²) < 4.78 is 0. The minimum atomic E-state index is 0.0997. The predicted octanol–water partition coefficient (Wildman–Crippen LogP) is 3.11. The molecule has 1 N–H and O–H groups in total. The Labute approximate surface area is 105 Å². The average molecular weight is 245 g/mol. The second-order valence-electron chi connectivity index (χ2n) is 4.59. The molecule has 1 aliphatic carbocycles. The van der Waals surface area contributed by atoms with Crippen molar-refractivity contribution < 1.29 is 5.11 Å². The molecule has 1 saturated carbocycles. The van der Waals surface area contributed by atoms with Gasteiger partial charge in [-0.2, -0.15) is 0 Å². The van der Waals surface area contributed by atoms with E-state index in [1.165, 1.54) is 29.8 Å². The second kappa shape index (κ2) is 4.24. The number of hydrogen-bond acceptors (Lipinski definition) is 3. The Bertz CT molecular complexity index is 502. The first-order valence-corrected chi connectivity index (χ1v) is 6.78. The summed E-state index contributed by atoms with van der Waals surface area (Å²) in [5, 5.41) is 10.3. The van der Waals surface area contributed by atoms with Crippen LogP contribution in [0.15, 0.2) is 36.5 Å². The predicted molar refractivity (Wildman–Crippen MR) is 69.1 cm³/mol. The maximum atomic E-state index is 9.15. The standard InChI is InChI=1S/C14H15NOS/c16-10-12-9-15-13(17-12)14(7-4-8-14)11-5-2-1-3-6-11/h1-3,5-6,9,16H,4,7-8,10H2. The molecule has 1 aromatic carbocycles. The first kappa shape index (κ1) is 10.9. The van der Waals surface area contributed by atoms with E-state index in [1.807, 2.05) is 6.20 Å². The van der Waals surface area contributed by atoms with Crippen LogP contribution in [0.2, 0.25) is 0 Å². The molecule has 0 spiro atoms. The monoisotopic (exact) mass is 245 g/mol. The normalized spacial score (nSPS) is 17.7. The number of nitrogens with zero attached hydrogens (tertiary/aromatic N) is 1. The highest BCUT2D eigenvalue weighted by Crippen LogP contribution is 2.49. The quantitative estimate of drug-likeness (QED) is 0.901. The molecule has 0 saturated heterocycles. The number of aromatic nitrogens is 1. The Morgan fingerprint density at radius 2 is 2.00 bits per heavy atom. The highest BCUT2D eigenvalue weighted by atomic mass is 32.1. The fourth-order valence-electron chi connectivity index (χ4n) is 2.52. The van der Waals surface area contributed by atoms with Gasteiger partial charge in [0.2, 0.25) is 0 Å². The summed E-state index contributed by atoms with van der Waals surface area (Å²) in [6.45, 7) is 0.0997. The molecule has 0 unspecified atom stereocenters. The van der Waals surface area contributed by atoms with E-state index < -0.39 is 0 Å². The molecule has 0 aliphatic heterocycles. The lowest BCUT2D eigenvalue weighted by Crippen LogP contribution is -2.35. The summed E-state index contributed by atoms with van der Waals surface area (Å²) in [4.78, 5) is 5.48. The molecule has 17 heavy (non-hydrogen) atoms. The zero-order valence-corrected chi connectivity index (χ0v) is 10.4. The minimum absolute atomic E-state index is 0.0997. The lowest BCUT2D eigenvalue weighted by molar-refractivity contribution is 0.285. The molecule has 0 atom stereocenters. The fourth-order valence-corrected chi connectivity index (χ4v) is 3.56. The van der Waals surface area contributed by atoms with E-state index >= 15 is 0 Å². The smallest absolute Gasteiger partial charge is 0.103 e. The van der Waals surface area contributed by atoms with Gasteiger partial charge in [0.05, 0.1) is 11.5 Å². The van der Waals surface area contributed by atoms with Crippen molar-refractivity contribution in [3.63, 3.8) is 0 Å². The molecule has 88 valence electrons. The fraction of sp³-hybridized carbons (Fsp3) is 0.357. The minimum Gasteiger partial charge on any atom is -0.391 e. The topological polar surface area (TPSA) is 33.1 Å². The molecule has 1 heterocycles. The molecule has 0 radical (unpaired) electrons. The van der Waals surface area contributed by atoms with Crippen LogP contribution in [0.25, 0.3) is 0 Å². The number of rotatable bonds is 3. The zero-order valence-electron chi connectivity index (χ0n) is 9.60. The van der Waals surface area contributed by atoms with Crippen molar-refractivity contribution in [1.82, 2.24) is 4.98 Å². The first-order valence-electron chi connectivity index (χ1n) is 5.97. The Morgan fingerprint density at radius 3 is 2.53 bits per heavy atom. The molecule has 3 heteroatoms. The Kier molecular flexibility index (Phi) is 2.73. The van der Waals surface area contributed by atoms with Crippen LogP contribution in [-0.4, -0.2) is 10.1 Å². The lowest BCUT2D eigenvalue weighted by atomic mass is 9.65. The van der Waals surface area contributed by atoms with Crippen LogP contribution in [0.5, 0.6) is 0 Å². The molecule has 3 rings (SSSR count). The van der Waals surface area contributed by atoms with E-state index in [1.54, 1.807) is 11.3 Å². The molecule has 1 aliphatic rings. The molecular weight excluding hydrogens is 230 g/mol. The summed E-state index contributed by atoms with van der Waals surface area (Å²) in [6, 6.07) is 10.6. The SMILES string of the molecule is OCc1cnc(C2(c3ccccc3)CCC2)s1. The van der Waals surface area contributed by atoms with E-state index in [4.69, 9.17) is 5.11 Å². The van der Waals surface area contributed by atoms with E-state index in [-0.39, 0.29) is 12.0 Å². The van der Waals surface area contributed by atoms with Crippen molar-refractivity contribution in [2.45, 2.75) is 31.3 Å². The molecule has 2 nitrogen and oxygen atoms in total. The Hall–Kier alpha value is -1.19.